The molecule has 0 aromatic heterocycles. The van der Waals surface area contributed by atoms with Gasteiger partial charge in [0, 0.05) is 19.1 Å². The number of hydrogen-bond acceptors (Lipinski definition) is 2. The Bertz CT molecular complexity index is 447. The van der Waals surface area contributed by atoms with Crippen LogP contribution in [-0.2, 0) is 0 Å². The first kappa shape index (κ1) is 13.0. The van der Waals surface area contributed by atoms with E-state index in [1.54, 1.807) is 24.0 Å². The van der Waals surface area contributed by atoms with Gasteiger partial charge >= 0.3 is 0 Å². The van der Waals surface area contributed by atoms with Crippen LogP contribution < -0.4 is 5.73 Å². The van der Waals surface area contributed by atoms with Gasteiger partial charge in [-0.3, -0.25) is 4.79 Å². The second kappa shape index (κ2) is 5.48. The highest BCUT2D eigenvalue weighted by atomic mass is 19.1. The van der Waals surface area contributed by atoms with E-state index in [9.17, 15) is 9.18 Å². The molecule has 1 aromatic carbocycles. The van der Waals surface area contributed by atoms with Crippen LogP contribution in [-0.4, -0.2) is 29.9 Å². The fraction of sp³-hybridized carbons (Fsp3) is 0.500. The summed E-state index contributed by atoms with van der Waals surface area (Å²) in [5.74, 6) is -0.677. The Labute approximate surface area is 107 Å². The van der Waals surface area contributed by atoms with E-state index in [4.69, 9.17) is 5.73 Å². The molecule has 1 unspecified atom stereocenters. The van der Waals surface area contributed by atoms with E-state index in [0.717, 1.165) is 24.8 Å². The van der Waals surface area contributed by atoms with E-state index in [-0.39, 0.29) is 17.5 Å². The average Bonchev–Trinajstić information content (AvgIpc) is 2.38. The zero-order valence-electron chi connectivity index (χ0n) is 10.7. The van der Waals surface area contributed by atoms with Gasteiger partial charge in [0.1, 0.15) is 5.82 Å². The molecule has 4 heteroatoms. The first-order chi connectivity index (χ1) is 8.63. The smallest absolute Gasteiger partial charge is 0.257 e. The standard InChI is InChI=1S/C14H19FN2O/c1-10-5-6-12(13(15)8-10)14(18)17-7-3-2-4-11(17)9-16/h5-6,8,11H,2-4,7,9,16H2,1H3. The fourth-order valence-corrected chi connectivity index (χ4v) is 2.46. The molecule has 18 heavy (non-hydrogen) atoms. The fourth-order valence-electron chi connectivity index (χ4n) is 2.46. The Morgan fingerprint density at radius 2 is 2.28 bits per heavy atom. The van der Waals surface area contributed by atoms with E-state index >= 15 is 0 Å². The van der Waals surface area contributed by atoms with Crippen LogP contribution >= 0.6 is 0 Å². The van der Waals surface area contributed by atoms with E-state index in [1.165, 1.54) is 6.07 Å². The molecule has 1 aliphatic heterocycles. The summed E-state index contributed by atoms with van der Waals surface area (Å²) in [6.07, 6.45) is 2.97. The summed E-state index contributed by atoms with van der Waals surface area (Å²) in [5, 5.41) is 0. The van der Waals surface area contributed by atoms with Crippen molar-refractivity contribution in [3.8, 4) is 0 Å². The monoisotopic (exact) mass is 250 g/mol. The summed E-state index contributed by atoms with van der Waals surface area (Å²) in [4.78, 5) is 14.1. The van der Waals surface area contributed by atoms with Crippen LogP contribution in [0, 0.1) is 12.7 Å². The quantitative estimate of drug-likeness (QED) is 0.873. The lowest BCUT2D eigenvalue weighted by molar-refractivity contribution is 0.0618. The minimum absolute atomic E-state index is 0.0481. The molecule has 2 N–H and O–H groups in total. The second-order valence-corrected chi connectivity index (χ2v) is 4.87. The number of benzene rings is 1. The van der Waals surface area contributed by atoms with Crippen LogP contribution in [0.25, 0.3) is 0 Å². The molecule has 1 amide bonds. The number of amides is 1. The third-order valence-corrected chi connectivity index (χ3v) is 3.52. The van der Waals surface area contributed by atoms with Crippen LogP contribution in [0.1, 0.15) is 35.2 Å². The third kappa shape index (κ3) is 2.53. The van der Waals surface area contributed by atoms with Gasteiger partial charge in [-0.05, 0) is 43.9 Å². The zero-order valence-corrected chi connectivity index (χ0v) is 10.7. The Morgan fingerprint density at radius 3 is 2.94 bits per heavy atom. The van der Waals surface area contributed by atoms with Crippen LogP contribution in [0.4, 0.5) is 4.39 Å². The molecule has 1 saturated heterocycles. The maximum absolute atomic E-state index is 13.8. The first-order valence-corrected chi connectivity index (χ1v) is 6.40. The van der Waals surface area contributed by atoms with E-state index < -0.39 is 5.82 Å². The van der Waals surface area contributed by atoms with Gasteiger partial charge in [-0.15, -0.1) is 0 Å². The maximum atomic E-state index is 13.8. The number of aryl methyl sites for hydroxylation is 1. The normalized spacial score (nSPS) is 19.9. The summed E-state index contributed by atoms with van der Waals surface area (Å²) in [6.45, 7) is 2.92. The van der Waals surface area contributed by atoms with Gasteiger partial charge in [0.25, 0.3) is 5.91 Å². The van der Waals surface area contributed by atoms with Gasteiger partial charge < -0.3 is 10.6 Å². The molecule has 0 radical (unpaired) electrons. The van der Waals surface area contributed by atoms with Crippen molar-refractivity contribution in [3.05, 3.63) is 35.1 Å². The Morgan fingerprint density at radius 1 is 1.50 bits per heavy atom. The highest BCUT2D eigenvalue weighted by molar-refractivity contribution is 5.94. The zero-order chi connectivity index (χ0) is 13.1. The number of piperidine rings is 1. The number of hydrogen-bond donors (Lipinski definition) is 1. The van der Waals surface area contributed by atoms with E-state index in [1.807, 2.05) is 0 Å². The van der Waals surface area contributed by atoms with Crippen molar-refractivity contribution in [1.82, 2.24) is 4.90 Å². The SMILES string of the molecule is Cc1ccc(C(=O)N2CCCCC2CN)c(F)c1. The number of carbonyl (C=O) groups is 1. The molecule has 1 fully saturated rings. The van der Waals surface area contributed by atoms with Crippen LogP contribution in [0.5, 0.6) is 0 Å². The van der Waals surface area contributed by atoms with Gasteiger partial charge in [0.2, 0.25) is 0 Å². The molecule has 1 aromatic rings. The number of rotatable bonds is 2. The number of nitrogens with zero attached hydrogens (tertiary/aromatic N) is 1. The molecule has 0 saturated carbocycles. The van der Waals surface area contributed by atoms with Gasteiger partial charge in [-0.2, -0.15) is 0 Å². The largest absolute Gasteiger partial charge is 0.334 e. The van der Waals surface area contributed by atoms with Gasteiger partial charge in [-0.1, -0.05) is 6.07 Å². The summed E-state index contributed by atoms with van der Waals surface area (Å²) in [5.41, 5.74) is 6.66. The second-order valence-electron chi connectivity index (χ2n) is 4.87. The Kier molecular flexibility index (Phi) is 3.97. The van der Waals surface area contributed by atoms with Crippen molar-refractivity contribution >= 4 is 5.91 Å². The maximum Gasteiger partial charge on any atom is 0.257 e. The lowest BCUT2D eigenvalue weighted by atomic mass is 10.0. The molecule has 1 aliphatic rings. The molecular formula is C14H19FN2O. The molecule has 3 nitrogen and oxygen atoms in total. The van der Waals surface area contributed by atoms with Crippen molar-refractivity contribution in [1.29, 1.82) is 0 Å². The first-order valence-electron chi connectivity index (χ1n) is 6.40. The molecule has 0 spiro atoms. The van der Waals surface area contributed by atoms with Gasteiger partial charge in [-0.25, -0.2) is 4.39 Å². The predicted octanol–water partition coefficient (Wildman–Crippen LogP) is 2.09. The summed E-state index contributed by atoms with van der Waals surface area (Å²) in [7, 11) is 0. The number of halogens is 1. The topological polar surface area (TPSA) is 46.3 Å². The summed E-state index contributed by atoms with van der Waals surface area (Å²) < 4.78 is 13.8. The molecular weight excluding hydrogens is 231 g/mol. The Hall–Kier alpha value is -1.42. The molecule has 0 aliphatic carbocycles. The number of carbonyl (C=O) groups excluding carboxylic acids is 1. The van der Waals surface area contributed by atoms with Crippen molar-refractivity contribution in [3.63, 3.8) is 0 Å². The number of nitrogens with two attached hydrogens (primary N) is 1. The third-order valence-electron chi connectivity index (χ3n) is 3.52. The molecule has 1 heterocycles. The lowest BCUT2D eigenvalue weighted by Gasteiger charge is -2.35. The van der Waals surface area contributed by atoms with Crippen LogP contribution in [0.3, 0.4) is 0 Å². The molecule has 0 bridgehead atoms. The summed E-state index contributed by atoms with van der Waals surface area (Å²) in [6, 6.07) is 4.77. The van der Waals surface area contributed by atoms with Gasteiger partial charge in [0.05, 0.1) is 5.56 Å². The number of likely N-dealkylation sites (tertiary alicyclic amines) is 1. The highest BCUT2D eigenvalue weighted by Gasteiger charge is 2.27. The van der Waals surface area contributed by atoms with E-state index in [0.29, 0.717) is 13.1 Å². The van der Waals surface area contributed by atoms with Crippen molar-refractivity contribution in [2.24, 2.45) is 5.73 Å². The predicted molar refractivity (Wildman–Crippen MR) is 68.9 cm³/mol. The van der Waals surface area contributed by atoms with Crippen LogP contribution in [0.2, 0.25) is 0 Å². The molecule has 2 rings (SSSR count). The average molecular weight is 250 g/mol. The van der Waals surface area contributed by atoms with Crippen molar-refractivity contribution < 1.29 is 9.18 Å². The minimum atomic E-state index is -0.443. The molecule has 98 valence electrons. The van der Waals surface area contributed by atoms with E-state index in [2.05, 4.69) is 0 Å². The summed E-state index contributed by atoms with van der Waals surface area (Å²) >= 11 is 0. The van der Waals surface area contributed by atoms with Crippen molar-refractivity contribution in [2.45, 2.75) is 32.2 Å². The van der Waals surface area contributed by atoms with Crippen LogP contribution in [0.15, 0.2) is 18.2 Å². The van der Waals surface area contributed by atoms with Gasteiger partial charge in [0.15, 0.2) is 0 Å². The molecule has 1 atom stereocenters. The Balaban J connectivity index is 2.24. The minimum Gasteiger partial charge on any atom is -0.334 e. The van der Waals surface area contributed by atoms with Crippen molar-refractivity contribution in [2.75, 3.05) is 13.1 Å². The highest BCUT2D eigenvalue weighted by Crippen LogP contribution is 2.20. The lowest BCUT2D eigenvalue weighted by Crippen LogP contribution is -2.47.